The Hall–Kier alpha value is -5.19. The van der Waals surface area contributed by atoms with Crippen molar-refractivity contribution in [3.63, 3.8) is 0 Å². The number of guanidine groups is 1. The van der Waals surface area contributed by atoms with E-state index in [1.165, 1.54) is 0 Å². The van der Waals surface area contributed by atoms with Crippen LogP contribution in [-0.4, -0.2) is 92.6 Å². The van der Waals surface area contributed by atoms with Gasteiger partial charge in [-0.05, 0) is 37.3 Å². The van der Waals surface area contributed by atoms with E-state index in [2.05, 4.69) is 25.9 Å². The summed E-state index contributed by atoms with van der Waals surface area (Å²) in [6, 6.07) is 1.43. The largest absolute Gasteiger partial charge is 0.481 e. The first-order valence-corrected chi connectivity index (χ1v) is 13.2. The van der Waals surface area contributed by atoms with Crippen LogP contribution in [0.3, 0.4) is 0 Å². The van der Waals surface area contributed by atoms with Crippen molar-refractivity contribution in [1.82, 2.24) is 20.9 Å². The van der Waals surface area contributed by atoms with Crippen molar-refractivity contribution in [1.29, 1.82) is 0 Å². The molecule has 0 fully saturated rings. The van der Waals surface area contributed by atoms with Crippen LogP contribution in [0.25, 0.3) is 10.9 Å². The van der Waals surface area contributed by atoms with E-state index in [4.69, 9.17) is 22.3 Å². The van der Waals surface area contributed by atoms with Crippen LogP contribution in [0.15, 0.2) is 35.5 Å². The van der Waals surface area contributed by atoms with E-state index in [0.29, 0.717) is 5.56 Å². The minimum atomic E-state index is -1.69. The van der Waals surface area contributed by atoms with Crippen LogP contribution in [-0.2, 0) is 35.2 Å². The van der Waals surface area contributed by atoms with Gasteiger partial charge < -0.3 is 53.5 Å². The Morgan fingerprint density at radius 2 is 1.47 bits per heavy atom. The summed E-state index contributed by atoms with van der Waals surface area (Å²) in [5.41, 5.74) is 18.0. The van der Waals surface area contributed by atoms with E-state index in [0.717, 1.165) is 10.9 Å². The number of hydrogen-bond acceptors (Lipinski definition) is 8. The molecule has 0 radical (unpaired) electrons. The lowest BCUT2D eigenvalue weighted by Gasteiger charge is -2.24. The summed E-state index contributed by atoms with van der Waals surface area (Å²) in [4.78, 5) is 79.9. The number of aliphatic carboxylic acids is 3. The number of nitrogens with zero attached hydrogens (tertiary/aromatic N) is 1. The van der Waals surface area contributed by atoms with Gasteiger partial charge in [0.15, 0.2) is 5.96 Å². The fourth-order valence-electron chi connectivity index (χ4n) is 4.13. The summed E-state index contributed by atoms with van der Waals surface area (Å²) in [5.74, 6) is -7.34. The molecular formula is C26H36N8O9. The number of benzene rings is 1. The van der Waals surface area contributed by atoms with Gasteiger partial charge in [0.05, 0.1) is 12.5 Å². The number of nitrogens with one attached hydrogen (secondary N) is 4. The van der Waals surface area contributed by atoms with Crippen LogP contribution in [0.2, 0.25) is 0 Å². The number of aromatic amines is 1. The third kappa shape index (κ3) is 11.3. The molecule has 2 rings (SSSR count). The Bertz CT molecular complexity index is 1360. The van der Waals surface area contributed by atoms with E-state index in [9.17, 15) is 39.0 Å². The minimum absolute atomic E-state index is 0.0562. The van der Waals surface area contributed by atoms with Crippen LogP contribution in [0.5, 0.6) is 0 Å². The maximum Gasteiger partial charge on any atom is 0.326 e. The zero-order valence-electron chi connectivity index (χ0n) is 23.1. The van der Waals surface area contributed by atoms with Gasteiger partial charge in [0.2, 0.25) is 17.7 Å². The molecule has 2 aromatic rings. The van der Waals surface area contributed by atoms with Crippen molar-refractivity contribution in [2.75, 3.05) is 6.54 Å². The lowest BCUT2D eigenvalue weighted by Crippen LogP contribution is -2.57. The third-order valence-corrected chi connectivity index (χ3v) is 6.30. The SMILES string of the molecule is NC(N)=NCCCC(NC(=O)C(CCC(=O)O)NC(=O)C(CC(=O)O)NC(=O)C(N)Cc1c[nH]c2ccccc12)C(=O)O. The number of carbonyl (C=O) groups is 6. The van der Waals surface area contributed by atoms with Crippen LogP contribution >= 0.6 is 0 Å². The maximum absolute atomic E-state index is 13.1. The van der Waals surface area contributed by atoms with Gasteiger partial charge in [-0.1, -0.05) is 18.2 Å². The topological polar surface area (TPSA) is 305 Å². The monoisotopic (exact) mass is 604 g/mol. The summed E-state index contributed by atoms with van der Waals surface area (Å²) in [6.45, 7) is 0.0835. The van der Waals surface area contributed by atoms with Gasteiger partial charge in [-0.25, -0.2) is 4.79 Å². The van der Waals surface area contributed by atoms with Crippen molar-refractivity contribution in [3.05, 3.63) is 36.0 Å². The molecule has 1 aromatic carbocycles. The highest BCUT2D eigenvalue weighted by molar-refractivity contribution is 5.96. The van der Waals surface area contributed by atoms with Crippen molar-refractivity contribution < 1.29 is 44.1 Å². The number of carboxylic acid groups (broad SMARTS) is 3. The Morgan fingerprint density at radius 1 is 0.837 bits per heavy atom. The van der Waals surface area contributed by atoms with E-state index >= 15 is 0 Å². The number of aromatic nitrogens is 1. The molecule has 1 aromatic heterocycles. The number of fused-ring (bicyclic) bond motifs is 1. The highest BCUT2D eigenvalue weighted by Crippen LogP contribution is 2.19. The third-order valence-electron chi connectivity index (χ3n) is 6.30. The minimum Gasteiger partial charge on any atom is -0.481 e. The number of hydrogen-bond donors (Lipinski definition) is 10. The number of para-hydroxylation sites is 1. The molecule has 0 spiro atoms. The number of H-pyrrole nitrogens is 1. The summed E-state index contributed by atoms with van der Waals surface area (Å²) in [5, 5.41) is 35.5. The van der Waals surface area contributed by atoms with Crippen LogP contribution in [0.1, 0.15) is 37.7 Å². The Morgan fingerprint density at radius 3 is 2.09 bits per heavy atom. The molecule has 0 bridgehead atoms. The number of amides is 3. The second kappa shape index (κ2) is 16.3. The second-order valence-corrected chi connectivity index (χ2v) is 9.67. The molecule has 17 heteroatoms. The summed E-state index contributed by atoms with van der Waals surface area (Å²) >= 11 is 0. The van der Waals surface area contributed by atoms with Gasteiger partial charge >= 0.3 is 17.9 Å². The predicted molar refractivity (Wildman–Crippen MR) is 152 cm³/mol. The lowest BCUT2D eigenvalue weighted by molar-refractivity contribution is -0.143. The van der Waals surface area contributed by atoms with E-state index in [1.54, 1.807) is 12.3 Å². The predicted octanol–water partition coefficient (Wildman–Crippen LogP) is -2.03. The van der Waals surface area contributed by atoms with Crippen LogP contribution < -0.4 is 33.2 Å². The summed E-state index contributed by atoms with van der Waals surface area (Å²) < 4.78 is 0. The number of carboxylic acids is 3. The fraction of sp³-hybridized carbons (Fsp3) is 0.423. The zero-order chi connectivity index (χ0) is 32.1. The number of rotatable bonds is 18. The number of nitrogens with two attached hydrogens (primary N) is 3. The molecule has 13 N–H and O–H groups in total. The molecule has 0 aliphatic heterocycles. The lowest BCUT2D eigenvalue weighted by atomic mass is 10.0. The van der Waals surface area contributed by atoms with Crippen molar-refractivity contribution in [2.24, 2.45) is 22.2 Å². The highest BCUT2D eigenvalue weighted by atomic mass is 16.4. The molecule has 17 nitrogen and oxygen atoms in total. The summed E-state index contributed by atoms with van der Waals surface area (Å²) in [7, 11) is 0. The molecular weight excluding hydrogens is 568 g/mol. The van der Waals surface area contributed by atoms with Gasteiger partial charge in [0, 0.05) is 30.1 Å². The van der Waals surface area contributed by atoms with Gasteiger partial charge in [0.25, 0.3) is 0 Å². The van der Waals surface area contributed by atoms with Crippen LogP contribution in [0, 0.1) is 0 Å². The smallest absolute Gasteiger partial charge is 0.326 e. The normalized spacial score (nSPS) is 13.6. The van der Waals surface area contributed by atoms with Crippen molar-refractivity contribution in [3.8, 4) is 0 Å². The molecule has 234 valence electrons. The first kappa shape index (κ1) is 34.0. The Kier molecular flexibility index (Phi) is 12.9. The average Bonchev–Trinajstić information content (AvgIpc) is 3.33. The van der Waals surface area contributed by atoms with Gasteiger partial charge in [-0.3, -0.25) is 29.0 Å². The Balaban J connectivity index is 2.13. The van der Waals surface area contributed by atoms with E-state index in [1.807, 2.05) is 18.2 Å². The fourth-order valence-corrected chi connectivity index (χ4v) is 4.13. The molecule has 43 heavy (non-hydrogen) atoms. The van der Waals surface area contributed by atoms with E-state index in [-0.39, 0.29) is 31.8 Å². The first-order valence-electron chi connectivity index (χ1n) is 13.2. The number of carbonyl (C=O) groups excluding carboxylic acids is 3. The quantitative estimate of drug-likeness (QED) is 0.0500. The molecule has 0 aliphatic rings. The Labute approximate surface area is 245 Å². The average molecular weight is 605 g/mol. The molecule has 4 atom stereocenters. The molecule has 0 saturated heterocycles. The van der Waals surface area contributed by atoms with Gasteiger partial charge in [-0.2, -0.15) is 0 Å². The highest BCUT2D eigenvalue weighted by Gasteiger charge is 2.32. The molecule has 0 saturated carbocycles. The maximum atomic E-state index is 13.1. The molecule has 0 aliphatic carbocycles. The second-order valence-electron chi connectivity index (χ2n) is 9.67. The number of aliphatic imine (C=N–C) groups is 1. The van der Waals surface area contributed by atoms with Gasteiger partial charge in [-0.15, -0.1) is 0 Å². The molecule has 4 unspecified atom stereocenters. The van der Waals surface area contributed by atoms with E-state index < -0.39 is 79.1 Å². The van der Waals surface area contributed by atoms with Gasteiger partial charge in [0.1, 0.15) is 18.1 Å². The van der Waals surface area contributed by atoms with Crippen molar-refractivity contribution >= 4 is 52.5 Å². The summed E-state index contributed by atoms with van der Waals surface area (Å²) in [6.07, 6.45) is -0.118. The first-order chi connectivity index (χ1) is 20.3. The zero-order valence-corrected chi connectivity index (χ0v) is 23.1. The molecule has 3 amide bonds. The van der Waals surface area contributed by atoms with Crippen LogP contribution in [0.4, 0.5) is 0 Å². The molecule has 1 heterocycles. The van der Waals surface area contributed by atoms with Crippen molar-refractivity contribution in [2.45, 2.75) is 62.7 Å². The standard InChI is InChI=1S/C26H36N8O9/c27-15(10-13-12-31-16-5-2-1-4-14(13)16)22(39)34-19(11-21(37)38)24(41)32-17(7-8-20(35)36)23(40)33-18(25(42)43)6-3-9-30-26(28)29/h1-2,4-5,12,15,17-19,31H,3,6-11,27H2,(H,32,41)(H,33,40)(H,34,39)(H,35,36)(H,37,38)(H,42,43)(H4,28,29,30).